The molecule has 8 heteroatoms. The molecule has 0 fully saturated rings. The van der Waals surface area contributed by atoms with Gasteiger partial charge in [0.25, 0.3) is 5.91 Å². The second-order valence-corrected chi connectivity index (χ2v) is 6.46. The smallest absolute Gasteiger partial charge is 0.341 e. The van der Waals surface area contributed by atoms with E-state index >= 15 is 0 Å². The highest BCUT2D eigenvalue weighted by atomic mass is 19.1. The fourth-order valence-corrected chi connectivity index (χ4v) is 3.21. The van der Waals surface area contributed by atoms with Crippen molar-refractivity contribution in [1.29, 1.82) is 0 Å². The van der Waals surface area contributed by atoms with Crippen molar-refractivity contribution in [3.8, 4) is 5.75 Å². The Bertz CT molecular complexity index is 945. The summed E-state index contributed by atoms with van der Waals surface area (Å²) in [6.45, 7) is -0.441. The number of methoxy groups -OCH3 is 2. The molecule has 0 saturated heterocycles. The standard InChI is InChI=1S/C21H20FNO6/c1-27-15-7-8-16(17(22)10-15)20(25)29-12-19(24)23-11-14-6-4-3-5-13(14)9-18(23)21(26)28-2/h3-8,10,18H,9,11-12H2,1-2H3/t18-/m0/s1. The van der Waals surface area contributed by atoms with Crippen LogP contribution in [0.25, 0.3) is 0 Å². The Balaban J connectivity index is 1.71. The monoisotopic (exact) mass is 401 g/mol. The lowest BCUT2D eigenvalue weighted by Gasteiger charge is -2.35. The van der Waals surface area contributed by atoms with Crippen LogP contribution in [0.4, 0.5) is 4.39 Å². The molecule has 0 radical (unpaired) electrons. The number of ether oxygens (including phenoxy) is 3. The van der Waals surface area contributed by atoms with Gasteiger partial charge in [0.05, 0.1) is 19.8 Å². The molecule has 0 N–H and O–H groups in total. The number of hydrogen-bond donors (Lipinski definition) is 0. The second-order valence-electron chi connectivity index (χ2n) is 6.46. The summed E-state index contributed by atoms with van der Waals surface area (Å²) >= 11 is 0. The number of esters is 2. The topological polar surface area (TPSA) is 82.1 Å². The molecule has 0 bridgehead atoms. The van der Waals surface area contributed by atoms with Crippen molar-refractivity contribution in [3.05, 3.63) is 65.0 Å². The molecule has 0 spiro atoms. The Morgan fingerprint density at radius 3 is 2.48 bits per heavy atom. The minimum Gasteiger partial charge on any atom is -0.497 e. The van der Waals surface area contributed by atoms with E-state index in [1.165, 1.54) is 31.3 Å². The normalized spacial score (nSPS) is 15.3. The molecule has 0 aliphatic carbocycles. The minimum atomic E-state index is -0.981. The molecule has 2 aromatic carbocycles. The van der Waals surface area contributed by atoms with Crippen LogP contribution in [0.1, 0.15) is 21.5 Å². The zero-order valence-corrected chi connectivity index (χ0v) is 16.0. The van der Waals surface area contributed by atoms with Crippen molar-refractivity contribution >= 4 is 17.8 Å². The molecule has 0 aromatic heterocycles. The zero-order chi connectivity index (χ0) is 21.0. The molecule has 1 aliphatic rings. The fraction of sp³-hybridized carbons (Fsp3) is 0.286. The van der Waals surface area contributed by atoms with E-state index < -0.39 is 36.3 Å². The van der Waals surface area contributed by atoms with E-state index in [4.69, 9.17) is 14.2 Å². The predicted molar refractivity (Wildman–Crippen MR) is 99.7 cm³/mol. The summed E-state index contributed by atoms with van der Waals surface area (Å²) in [4.78, 5) is 38.3. The maximum absolute atomic E-state index is 14.0. The second kappa shape index (κ2) is 8.72. The molecule has 7 nitrogen and oxygen atoms in total. The minimum absolute atomic E-state index is 0.184. The van der Waals surface area contributed by atoms with Crippen LogP contribution in [0.15, 0.2) is 42.5 Å². The van der Waals surface area contributed by atoms with Crippen LogP contribution in [-0.2, 0) is 32.0 Å². The number of carbonyl (C=O) groups excluding carboxylic acids is 3. The van der Waals surface area contributed by atoms with Gasteiger partial charge in [-0.25, -0.2) is 14.0 Å². The van der Waals surface area contributed by atoms with Crippen LogP contribution in [0.2, 0.25) is 0 Å². The molecule has 3 rings (SSSR count). The number of benzene rings is 2. The number of nitrogens with zero attached hydrogens (tertiary/aromatic N) is 1. The summed E-state index contributed by atoms with van der Waals surface area (Å²) < 4.78 is 28.7. The first kappa shape index (κ1) is 20.3. The number of hydrogen-bond acceptors (Lipinski definition) is 6. The average molecular weight is 401 g/mol. The van der Waals surface area contributed by atoms with Crippen LogP contribution in [-0.4, -0.2) is 49.6 Å². The predicted octanol–water partition coefficient (Wildman–Crippen LogP) is 2.12. The van der Waals surface area contributed by atoms with Gasteiger partial charge in [-0.2, -0.15) is 0 Å². The molecule has 2 aromatic rings. The third-order valence-electron chi connectivity index (χ3n) is 4.77. The third-order valence-corrected chi connectivity index (χ3v) is 4.77. The number of amides is 1. The molecule has 0 saturated carbocycles. The molecule has 1 amide bonds. The van der Waals surface area contributed by atoms with Gasteiger partial charge >= 0.3 is 11.9 Å². The largest absolute Gasteiger partial charge is 0.497 e. The Hall–Kier alpha value is -3.42. The summed E-state index contributed by atoms with van der Waals surface area (Å²) in [5.74, 6) is -2.67. The van der Waals surface area contributed by atoms with Crippen molar-refractivity contribution in [3.63, 3.8) is 0 Å². The van der Waals surface area contributed by atoms with Gasteiger partial charge in [0, 0.05) is 19.0 Å². The van der Waals surface area contributed by atoms with E-state index in [1.807, 2.05) is 24.3 Å². The molecule has 1 aliphatic heterocycles. The van der Waals surface area contributed by atoms with Crippen molar-refractivity contribution in [2.75, 3.05) is 20.8 Å². The summed E-state index contributed by atoms with van der Waals surface area (Å²) in [6, 6.07) is 10.3. The van der Waals surface area contributed by atoms with Crippen LogP contribution >= 0.6 is 0 Å². The van der Waals surface area contributed by atoms with Gasteiger partial charge in [0.1, 0.15) is 17.6 Å². The lowest BCUT2D eigenvalue weighted by atomic mass is 9.94. The Morgan fingerprint density at radius 2 is 1.83 bits per heavy atom. The number of carbonyl (C=O) groups is 3. The van der Waals surface area contributed by atoms with Crippen LogP contribution in [0.3, 0.4) is 0 Å². The lowest BCUT2D eigenvalue weighted by Crippen LogP contribution is -2.50. The van der Waals surface area contributed by atoms with Gasteiger partial charge < -0.3 is 19.1 Å². The van der Waals surface area contributed by atoms with Crippen LogP contribution in [0.5, 0.6) is 5.75 Å². The highest BCUT2D eigenvalue weighted by Gasteiger charge is 2.35. The average Bonchev–Trinajstić information content (AvgIpc) is 2.75. The zero-order valence-electron chi connectivity index (χ0n) is 16.0. The van der Waals surface area contributed by atoms with Crippen molar-refractivity contribution < 1.29 is 33.0 Å². The molecule has 152 valence electrons. The Kier molecular flexibility index (Phi) is 6.11. The van der Waals surface area contributed by atoms with Crippen LogP contribution < -0.4 is 4.74 Å². The van der Waals surface area contributed by atoms with Gasteiger partial charge in [0.2, 0.25) is 0 Å². The highest BCUT2D eigenvalue weighted by Crippen LogP contribution is 2.24. The van der Waals surface area contributed by atoms with Gasteiger partial charge in [-0.05, 0) is 23.3 Å². The van der Waals surface area contributed by atoms with Crippen molar-refractivity contribution in [2.24, 2.45) is 0 Å². The molecule has 29 heavy (non-hydrogen) atoms. The maximum atomic E-state index is 14.0. The maximum Gasteiger partial charge on any atom is 0.341 e. The first-order chi connectivity index (χ1) is 13.9. The number of rotatable bonds is 5. The fourth-order valence-electron chi connectivity index (χ4n) is 3.21. The van der Waals surface area contributed by atoms with Gasteiger partial charge in [0.15, 0.2) is 6.61 Å². The van der Waals surface area contributed by atoms with E-state index in [2.05, 4.69) is 0 Å². The van der Waals surface area contributed by atoms with E-state index in [1.54, 1.807) is 0 Å². The van der Waals surface area contributed by atoms with E-state index in [0.717, 1.165) is 17.2 Å². The van der Waals surface area contributed by atoms with Gasteiger partial charge in [-0.15, -0.1) is 0 Å². The Morgan fingerprint density at radius 1 is 1.10 bits per heavy atom. The summed E-state index contributed by atoms with van der Waals surface area (Å²) in [7, 11) is 2.62. The number of halogens is 1. The van der Waals surface area contributed by atoms with E-state index in [9.17, 15) is 18.8 Å². The molecular formula is C21H20FNO6. The summed E-state index contributed by atoms with van der Waals surface area (Å²) in [6.07, 6.45) is 0.301. The molecule has 1 atom stereocenters. The van der Waals surface area contributed by atoms with Gasteiger partial charge in [-0.1, -0.05) is 24.3 Å². The molecule has 1 heterocycles. The summed E-state index contributed by atoms with van der Waals surface area (Å²) in [5.41, 5.74) is 1.53. The van der Waals surface area contributed by atoms with E-state index in [-0.39, 0.29) is 17.9 Å². The van der Waals surface area contributed by atoms with Crippen molar-refractivity contribution in [2.45, 2.75) is 19.0 Å². The first-order valence-corrected chi connectivity index (χ1v) is 8.89. The third kappa shape index (κ3) is 4.37. The highest BCUT2D eigenvalue weighted by molar-refractivity contribution is 5.92. The van der Waals surface area contributed by atoms with Crippen LogP contribution in [0, 0.1) is 5.82 Å². The first-order valence-electron chi connectivity index (χ1n) is 8.89. The SMILES string of the molecule is COC(=O)[C@@H]1Cc2ccccc2CN1C(=O)COC(=O)c1ccc(OC)cc1F. The molecule has 0 unspecified atom stereocenters. The Labute approximate surface area is 167 Å². The number of fused-ring (bicyclic) bond motifs is 1. The quantitative estimate of drug-likeness (QED) is 0.714. The van der Waals surface area contributed by atoms with E-state index in [0.29, 0.717) is 6.42 Å². The van der Waals surface area contributed by atoms with Gasteiger partial charge in [-0.3, -0.25) is 4.79 Å². The lowest BCUT2D eigenvalue weighted by molar-refractivity contribution is -0.155. The van der Waals surface area contributed by atoms with Crippen molar-refractivity contribution in [1.82, 2.24) is 4.90 Å². The summed E-state index contributed by atoms with van der Waals surface area (Å²) in [5, 5.41) is 0. The molecular weight excluding hydrogens is 381 g/mol.